The third-order valence-electron chi connectivity index (χ3n) is 3.63. The number of aromatic nitrogens is 2. The fourth-order valence-corrected chi connectivity index (χ4v) is 2.69. The van der Waals surface area contributed by atoms with Gasteiger partial charge in [0.1, 0.15) is 0 Å². The molecule has 4 nitrogen and oxygen atoms in total. The number of hydrogen-bond donors (Lipinski definition) is 1. The second-order valence-corrected chi connectivity index (χ2v) is 6.02. The lowest BCUT2D eigenvalue weighted by Crippen LogP contribution is -2.22. The van der Waals surface area contributed by atoms with E-state index in [0.29, 0.717) is 17.9 Å². The Morgan fingerprint density at radius 1 is 1.10 bits per heavy atom. The first-order valence-electron chi connectivity index (χ1n) is 7.92. The maximum Gasteiger partial charge on any atom is 0.226 e. The van der Waals surface area contributed by atoms with E-state index in [1.54, 1.807) is 0 Å². The van der Waals surface area contributed by atoms with Gasteiger partial charge >= 0.3 is 0 Å². The van der Waals surface area contributed by atoms with Crippen LogP contribution in [0.25, 0.3) is 0 Å². The molecule has 1 aromatic heterocycles. The Kier molecular flexibility index (Phi) is 5.62. The van der Waals surface area contributed by atoms with E-state index >= 15 is 0 Å². The van der Waals surface area contributed by atoms with Crippen molar-refractivity contribution in [1.82, 2.24) is 9.97 Å². The molecular formula is C16H27N3O. The van der Waals surface area contributed by atoms with Crippen molar-refractivity contribution in [3.05, 3.63) is 11.8 Å². The third-order valence-corrected chi connectivity index (χ3v) is 3.63. The van der Waals surface area contributed by atoms with Gasteiger partial charge in [0, 0.05) is 17.8 Å². The molecule has 0 atom stereocenters. The maximum atomic E-state index is 5.68. The van der Waals surface area contributed by atoms with E-state index in [1.165, 1.54) is 44.9 Å². The Morgan fingerprint density at radius 2 is 1.75 bits per heavy atom. The van der Waals surface area contributed by atoms with E-state index in [4.69, 9.17) is 4.74 Å². The van der Waals surface area contributed by atoms with Crippen molar-refractivity contribution in [3.8, 4) is 5.88 Å². The predicted octanol–water partition coefficient (Wildman–Crippen LogP) is 4.10. The summed E-state index contributed by atoms with van der Waals surface area (Å²) in [5, 5.41) is 3.50. The number of hydrogen-bond acceptors (Lipinski definition) is 4. The smallest absolute Gasteiger partial charge is 0.226 e. The Hall–Kier alpha value is -1.32. The van der Waals surface area contributed by atoms with E-state index in [9.17, 15) is 0 Å². The van der Waals surface area contributed by atoms with Crippen LogP contribution in [0, 0.1) is 6.92 Å². The Morgan fingerprint density at radius 3 is 2.40 bits per heavy atom. The standard InChI is InChI=1S/C16H27N3O/c1-12(2)20-15-11-13(3)17-16(19-15)18-14-9-7-5-4-6-8-10-14/h11-12,14H,4-10H2,1-3H3,(H,17,18,19). The van der Waals surface area contributed by atoms with Crippen molar-refractivity contribution in [2.24, 2.45) is 0 Å². The molecule has 0 bridgehead atoms. The van der Waals surface area contributed by atoms with Gasteiger partial charge < -0.3 is 10.1 Å². The first-order valence-corrected chi connectivity index (χ1v) is 7.92. The zero-order valence-corrected chi connectivity index (χ0v) is 13.0. The molecule has 0 aliphatic heterocycles. The number of nitrogens with zero attached hydrogens (tertiary/aromatic N) is 2. The van der Waals surface area contributed by atoms with Gasteiger partial charge in [-0.1, -0.05) is 32.1 Å². The average Bonchev–Trinajstić information content (AvgIpc) is 2.30. The highest BCUT2D eigenvalue weighted by atomic mass is 16.5. The van der Waals surface area contributed by atoms with Gasteiger partial charge in [-0.05, 0) is 33.6 Å². The summed E-state index contributed by atoms with van der Waals surface area (Å²) in [4.78, 5) is 8.96. The van der Waals surface area contributed by atoms with E-state index in [2.05, 4.69) is 15.3 Å². The summed E-state index contributed by atoms with van der Waals surface area (Å²) in [6.45, 7) is 6.01. The minimum Gasteiger partial charge on any atom is -0.475 e. The molecule has 1 N–H and O–H groups in total. The first-order chi connectivity index (χ1) is 9.63. The van der Waals surface area contributed by atoms with Crippen LogP contribution in [0.3, 0.4) is 0 Å². The van der Waals surface area contributed by atoms with Crippen LogP contribution in [0.2, 0.25) is 0 Å². The lowest BCUT2D eigenvalue weighted by Gasteiger charge is -2.21. The number of ether oxygens (including phenoxy) is 1. The summed E-state index contributed by atoms with van der Waals surface area (Å²) >= 11 is 0. The molecule has 1 fully saturated rings. The number of nitrogens with one attached hydrogen (secondary N) is 1. The van der Waals surface area contributed by atoms with Crippen molar-refractivity contribution in [2.45, 2.75) is 77.9 Å². The molecule has 0 amide bonds. The third kappa shape index (κ3) is 4.99. The van der Waals surface area contributed by atoms with Crippen molar-refractivity contribution in [1.29, 1.82) is 0 Å². The molecule has 1 aliphatic carbocycles. The van der Waals surface area contributed by atoms with Crippen molar-refractivity contribution < 1.29 is 4.74 Å². The van der Waals surface area contributed by atoms with Gasteiger partial charge in [-0.15, -0.1) is 0 Å². The fourth-order valence-electron chi connectivity index (χ4n) is 2.69. The highest BCUT2D eigenvalue weighted by Crippen LogP contribution is 2.21. The van der Waals surface area contributed by atoms with E-state index in [1.807, 2.05) is 26.8 Å². The molecule has 1 aromatic rings. The van der Waals surface area contributed by atoms with E-state index in [-0.39, 0.29) is 6.10 Å². The topological polar surface area (TPSA) is 47.0 Å². The summed E-state index contributed by atoms with van der Waals surface area (Å²) in [6.07, 6.45) is 9.29. The Labute approximate surface area is 122 Å². The van der Waals surface area contributed by atoms with Crippen LogP contribution >= 0.6 is 0 Å². The largest absolute Gasteiger partial charge is 0.475 e. The molecule has 0 unspecified atom stereocenters. The number of anilines is 1. The zero-order valence-electron chi connectivity index (χ0n) is 13.0. The van der Waals surface area contributed by atoms with E-state index in [0.717, 1.165) is 5.69 Å². The molecule has 1 heterocycles. The van der Waals surface area contributed by atoms with Crippen molar-refractivity contribution in [3.63, 3.8) is 0 Å². The number of rotatable bonds is 4. The van der Waals surface area contributed by atoms with Crippen LogP contribution in [-0.2, 0) is 0 Å². The van der Waals surface area contributed by atoms with Crippen molar-refractivity contribution >= 4 is 5.95 Å². The van der Waals surface area contributed by atoms with Crippen LogP contribution in [0.5, 0.6) is 5.88 Å². The molecule has 20 heavy (non-hydrogen) atoms. The summed E-state index contributed by atoms with van der Waals surface area (Å²) in [5.74, 6) is 1.38. The Bertz CT molecular complexity index is 412. The molecule has 1 saturated carbocycles. The number of aryl methyl sites for hydroxylation is 1. The fraction of sp³-hybridized carbons (Fsp3) is 0.750. The first kappa shape index (κ1) is 15.1. The summed E-state index contributed by atoms with van der Waals surface area (Å²) in [5.41, 5.74) is 0.948. The molecule has 0 aromatic carbocycles. The highest BCUT2D eigenvalue weighted by Gasteiger charge is 2.13. The van der Waals surface area contributed by atoms with Gasteiger partial charge in [0.25, 0.3) is 0 Å². The second-order valence-electron chi connectivity index (χ2n) is 6.02. The van der Waals surface area contributed by atoms with Crippen LogP contribution in [0.15, 0.2) is 6.07 Å². The lowest BCUT2D eigenvalue weighted by atomic mass is 9.97. The summed E-state index contributed by atoms with van der Waals surface area (Å²) in [7, 11) is 0. The second kappa shape index (κ2) is 7.46. The van der Waals surface area contributed by atoms with Gasteiger partial charge in [-0.25, -0.2) is 4.98 Å². The summed E-state index contributed by atoms with van der Waals surface area (Å²) in [6, 6.07) is 2.40. The molecule has 112 valence electrons. The zero-order chi connectivity index (χ0) is 14.4. The minimum atomic E-state index is 0.138. The molecule has 2 rings (SSSR count). The van der Waals surface area contributed by atoms with Crippen LogP contribution in [0.4, 0.5) is 5.95 Å². The molecule has 1 aliphatic rings. The highest BCUT2D eigenvalue weighted by molar-refractivity contribution is 5.31. The predicted molar refractivity (Wildman–Crippen MR) is 82.3 cm³/mol. The van der Waals surface area contributed by atoms with Crippen LogP contribution < -0.4 is 10.1 Å². The summed E-state index contributed by atoms with van der Waals surface area (Å²) < 4.78 is 5.68. The Balaban J connectivity index is 2.01. The van der Waals surface area contributed by atoms with Gasteiger partial charge in [0.15, 0.2) is 0 Å². The molecule has 0 radical (unpaired) electrons. The van der Waals surface area contributed by atoms with Crippen LogP contribution in [-0.4, -0.2) is 22.1 Å². The lowest BCUT2D eigenvalue weighted by molar-refractivity contribution is 0.232. The molecular weight excluding hydrogens is 250 g/mol. The molecule has 0 spiro atoms. The average molecular weight is 277 g/mol. The molecule has 0 saturated heterocycles. The maximum absolute atomic E-state index is 5.68. The van der Waals surface area contributed by atoms with Crippen molar-refractivity contribution in [2.75, 3.05) is 5.32 Å². The molecule has 4 heteroatoms. The van der Waals surface area contributed by atoms with E-state index < -0.39 is 0 Å². The quantitative estimate of drug-likeness (QED) is 0.900. The SMILES string of the molecule is Cc1cc(OC(C)C)nc(NC2CCCCCCC2)n1. The monoisotopic (exact) mass is 277 g/mol. The van der Waals surface area contributed by atoms with Gasteiger partial charge in [-0.3, -0.25) is 0 Å². The van der Waals surface area contributed by atoms with Gasteiger partial charge in [-0.2, -0.15) is 4.98 Å². The van der Waals surface area contributed by atoms with Gasteiger partial charge in [0.05, 0.1) is 6.10 Å². The minimum absolute atomic E-state index is 0.138. The normalized spacial score (nSPS) is 17.6. The van der Waals surface area contributed by atoms with Gasteiger partial charge in [0.2, 0.25) is 11.8 Å². The van der Waals surface area contributed by atoms with Crippen LogP contribution in [0.1, 0.15) is 64.5 Å².